The number of nitrogens with zero attached hydrogens (tertiary/aromatic N) is 2. The Kier molecular flexibility index (Phi) is 4.21. The zero-order valence-electron chi connectivity index (χ0n) is 10.8. The van der Waals surface area contributed by atoms with Crippen molar-refractivity contribution < 1.29 is 9.32 Å². The third kappa shape index (κ3) is 3.13. The summed E-state index contributed by atoms with van der Waals surface area (Å²) >= 11 is 4.96. The highest BCUT2D eigenvalue weighted by atomic mass is 79.9. The van der Waals surface area contributed by atoms with Crippen LogP contribution in [0.25, 0.3) is 6.08 Å². The minimum atomic E-state index is -0.112. The van der Waals surface area contributed by atoms with Gasteiger partial charge in [-0.15, -0.1) is 11.3 Å². The Hall–Kier alpha value is -1.40. The standard InChI is InChI=1S/C13H13BrN2O2S/c1-8-13(9(2)18-15-8)16(3)12(17)7-5-10-4-6-11(14)19-10/h4-7H,1-3H3. The van der Waals surface area contributed by atoms with Gasteiger partial charge in [-0.2, -0.15) is 0 Å². The molecule has 0 aromatic carbocycles. The van der Waals surface area contributed by atoms with E-state index in [1.54, 1.807) is 42.4 Å². The van der Waals surface area contributed by atoms with Gasteiger partial charge < -0.3 is 9.42 Å². The van der Waals surface area contributed by atoms with Gasteiger partial charge in [0, 0.05) is 18.0 Å². The van der Waals surface area contributed by atoms with E-state index in [9.17, 15) is 4.79 Å². The largest absolute Gasteiger partial charge is 0.359 e. The van der Waals surface area contributed by atoms with E-state index < -0.39 is 0 Å². The van der Waals surface area contributed by atoms with Gasteiger partial charge in [0.15, 0.2) is 5.76 Å². The van der Waals surface area contributed by atoms with Crippen molar-refractivity contribution >= 4 is 44.9 Å². The number of rotatable bonds is 3. The number of anilines is 1. The molecule has 0 spiro atoms. The Bertz CT molecular complexity index is 611. The molecular weight excluding hydrogens is 328 g/mol. The van der Waals surface area contributed by atoms with E-state index in [4.69, 9.17) is 4.52 Å². The Labute approximate surface area is 123 Å². The molecule has 6 heteroatoms. The molecular formula is C13H13BrN2O2S. The van der Waals surface area contributed by atoms with Crippen molar-refractivity contribution in [1.82, 2.24) is 5.16 Å². The lowest BCUT2D eigenvalue weighted by atomic mass is 10.3. The van der Waals surface area contributed by atoms with E-state index in [1.165, 1.54) is 0 Å². The Balaban J connectivity index is 2.14. The van der Waals surface area contributed by atoms with Crippen LogP contribution in [0, 0.1) is 13.8 Å². The maximum atomic E-state index is 12.1. The van der Waals surface area contributed by atoms with Crippen LogP contribution in [0.3, 0.4) is 0 Å². The van der Waals surface area contributed by atoms with Crippen LogP contribution in [0.1, 0.15) is 16.3 Å². The van der Waals surface area contributed by atoms with E-state index in [1.807, 2.05) is 19.1 Å². The number of thiophene rings is 1. The molecule has 0 radical (unpaired) electrons. The van der Waals surface area contributed by atoms with Crippen LogP contribution in [-0.2, 0) is 4.79 Å². The molecule has 0 atom stereocenters. The van der Waals surface area contributed by atoms with Crippen molar-refractivity contribution in [1.29, 1.82) is 0 Å². The minimum absolute atomic E-state index is 0.112. The summed E-state index contributed by atoms with van der Waals surface area (Å²) in [6.45, 7) is 3.61. The van der Waals surface area contributed by atoms with Crippen LogP contribution in [0.4, 0.5) is 5.69 Å². The van der Waals surface area contributed by atoms with Crippen molar-refractivity contribution in [3.8, 4) is 0 Å². The molecule has 0 unspecified atom stereocenters. The number of carbonyl (C=O) groups excluding carboxylic acids is 1. The molecule has 0 aliphatic rings. The van der Waals surface area contributed by atoms with Crippen LogP contribution in [0.15, 0.2) is 26.5 Å². The molecule has 100 valence electrons. The first kappa shape index (κ1) is 14.0. The first-order valence-electron chi connectivity index (χ1n) is 5.63. The SMILES string of the molecule is Cc1noc(C)c1N(C)C(=O)C=Cc1ccc(Br)s1. The average molecular weight is 341 g/mol. The van der Waals surface area contributed by atoms with E-state index in [2.05, 4.69) is 21.1 Å². The molecule has 1 amide bonds. The number of aryl methyl sites for hydroxylation is 2. The molecule has 19 heavy (non-hydrogen) atoms. The highest BCUT2D eigenvalue weighted by molar-refractivity contribution is 9.11. The third-order valence-electron chi connectivity index (χ3n) is 2.65. The summed E-state index contributed by atoms with van der Waals surface area (Å²) in [4.78, 5) is 14.7. The maximum Gasteiger partial charge on any atom is 0.250 e. The molecule has 2 aromatic heterocycles. The fourth-order valence-corrected chi connectivity index (χ4v) is 3.08. The summed E-state index contributed by atoms with van der Waals surface area (Å²) in [6, 6.07) is 3.90. The molecule has 0 N–H and O–H groups in total. The van der Waals surface area contributed by atoms with E-state index >= 15 is 0 Å². The van der Waals surface area contributed by atoms with Gasteiger partial charge in [-0.3, -0.25) is 4.79 Å². The zero-order chi connectivity index (χ0) is 14.0. The van der Waals surface area contributed by atoms with Crippen molar-refractivity contribution in [3.05, 3.63) is 38.3 Å². The number of amides is 1. The first-order chi connectivity index (χ1) is 8.99. The van der Waals surface area contributed by atoms with Gasteiger partial charge in [0.1, 0.15) is 11.4 Å². The molecule has 2 heterocycles. The first-order valence-corrected chi connectivity index (χ1v) is 7.24. The maximum absolute atomic E-state index is 12.1. The summed E-state index contributed by atoms with van der Waals surface area (Å²) in [6.07, 6.45) is 3.34. The van der Waals surface area contributed by atoms with Gasteiger partial charge in [-0.05, 0) is 48.0 Å². The monoisotopic (exact) mass is 340 g/mol. The van der Waals surface area contributed by atoms with Crippen molar-refractivity contribution in [2.45, 2.75) is 13.8 Å². The second-order valence-electron chi connectivity index (χ2n) is 4.05. The molecule has 0 bridgehead atoms. The summed E-state index contributed by atoms with van der Waals surface area (Å²) < 4.78 is 6.10. The van der Waals surface area contributed by atoms with Crippen LogP contribution in [0.5, 0.6) is 0 Å². The fraction of sp³-hybridized carbons (Fsp3) is 0.231. The average Bonchev–Trinajstić information content (AvgIpc) is 2.92. The second kappa shape index (κ2) is 5.71. The predicted molar refractivity (Wildman–Crippen MR) is 80.4 cm³/mol. The lowest BCUT2D eigenvalue weighted by molar-refractivity contribution is -0.113. The molecule has 0 aliphatic carbocycles. The summed E-state index contributed by atoms with van der Waals surface area (Å²) in [7, 11) is 1.71. The lowest BCUT2D eigenvalue weighted by Gasteiger charge is -2.13. The van der Waals surface area contributed by atoms with Crippen molar-refractivity contribution in [2.75, 3.05) is 11.9 Å². The van der Waals surface area contributed by atoms with E-state index in [0.717, 1.165) is 14.4 Å². The normalized spacial score (nSPS) is 11.2. The highest BCUT2D eigenvalue weighted by Gasteiger charge is 2.17. The van der Waals surface area contributed by atoms with Gasteiger partial charge in [-0.1, -0.05) is 5.16 Å². The van der Waals surface area contributed by atoms with Gasteiger partial charge >= 0.3 is 0 Å². The van der Waals surface area contributed by atoms with Gasteiger partial charge in [0.25, 0.3) is 5.91 Å². The number of likely N-dealkylation sites (N-methyl/N-ethyl adjacent to an activating group) is 1. The summed E-state index contributed by atoms with van der Waals surface area (Å²) in [5.41, 5.74) is 1.43. The van der Waals surface area contributed by atoms with Crippen molar-refractivity contribution in [2.24, 2.45) is 0 Å². The number of carbonyl (C=O) groups is 1. The van der Waals surface area contributed by atoms with Gasteiger partial charge in [0.2, 0.25) is 0 Å². The number of halogens is 1. The fourth-order valence-electron chi connectivity index (χ4n) is 1.75. The smallest absolute Gasteiger partial charge is 0.250 e. The number of hydrogen-bond donors (Lipinski definition) is 0. The van der Waals surface area contributed by atoms with Gasteiger partial charge in [-0.25, -0.2) is 0 Å². The van der Waals surface area contributed by atoms with Crippen LogP contribution in [0.2, 0.25) is 0 Å². The molecule has 0 fully saturated rings. The van der Waals surface area contributed by atoms with Crippen molar-refractivity contribution in [3.63, 3.8) is 0 Å². The van der Waals surface area contributed by atoms with Crippen LogP contribution < -0.4 is 4.90 Å². The molecule has 0 saturated heterocycles. The third-order valence-corrected chi connectivity index (χ3v) is 4.23. The Morgan fingerprint density at radius 3 is 2.74 bits per heavy atom. The van der Waals surface area contributed by atoms with E-state index in [-0.39, 0.29) is 5.91 Å². The molecule has 0 saturated carbocycles. The van der Waals surface area contributed by atoms with Crippen LogP contribution >= 0.6 is 27.3 Å². The molecule has 0 aliphatic heterocycles. The van der Waals surface area contributed by atoms with E-state index in [0.29, 0.717) is 11.5 Å². The minimum Gasteiger partial charge on any atom is -0.359 e. The lowest BCUT2D eigenvalue weighted by Crippen LogP contribution is -2.24. The highest BCUT2D eigenvalue weighted by Crippen LogP contribution is 2.25. The molecule has 2 rings (SSSR count). The number of hydrogen-bond acceptors (Lipinski definition) is 4. The second-order valence-corrected chi connectivity index (χ2v) is 6.54. The van der Waals surface area contributed by atoms with Gasteiger partial charge in [0.05, 0.1) is 3.79 Å². The molecule has 2 aromatic rings. The van der Waals surface area contributed by atoms with Crippen LogP contribution in [-0.4, -0.2) is 18.1 Å². The quantitative estimate of drug-likeness (QED) is 0.798. The number of aromatic nitrogens is 1. The predicted octanol–water partition coefficient (Wildman–Crippen LogP) is 3.79. The zero-order valence-corrected chi connectivity index (χ0v) is 13.2. The topological polar surface area (TPSA) is 46.3 Å². The molecule has 4 nitrogen and oxygen atoms in total. The Morgan fingerprint density at radius 2 is 2.21 bits per heavy atom. The summed E-state index contributed by atoms with van der Waals surface area (Å²) in [5.74, 6) is 0.527. The summed E-state index contributed by atoms with van der Waals surface area (Å²) in [5, 5.41) is 3.84. The Morgan fingerprint density at radius 1 is 1.47 bits per heavy atom.